The van der Waals surface area contributed by atoms with Crippen LogP contribution in [0, 0.1) is 0 Å². The van der Waals surface area contributed by atoms with Crippen molar-refractivity contribution in [1.29, 1.82) is 0 Å². The molecule has 36 heavy (non-hydrogen) atoms. The lowest BCUT2D eigenvalue weighted by molar-refractivity contribution is 0.0695. The molecule has 2 aliphatic rings. The number of piperazine rings is 1. The van der Waals surface area contributed by atoms with E-state index in [0.717, 1.165) is 55.8 Å². The zero-order chi connectivity index (χ0) is 25.4. The molecule has 5 rings (SSSR count). The molecule has 0 amide bonds. The van der Waals surface area contributed by atoms with Gasteiger partial charge in [0.25, 0.3) is 5.56 Å². The summed E-state index contributed by atoms with van der Waals surface area (Å²) in [6, 6.07) is 9.13. The molecule has 8 nitrogen and oxygen atoms in total. The van der Waals surface area contributed by atoms with Gasteiger partial charge < -0.3 is 5.32 Å². The van der Waals surface area contributed by atoms with Gasteiger partial charge in [0.15, 0.2) is 9.84 Å². The number of hydrogen-bond donors (Lipinski definition) is 1. The van der Waals surface area contributed by atoms with E-state index < -0.39 is 9.84 Å². The summed E-state index contributed by atoms with van der Waals surface area (Å²) in [5, 5.41) is 4.24. The number of aromatic nitrogens is 2. The van der Waals surface area contributed by atoms with Crippen molar-refractivity contribution in [1.82, 2.24) is 24.7 Å². The monoisotopic (exact) mass is 593 g/mol. The molecule has 1 aromatic heterocycles. The third-order valence-electron chi connectivity index (χ3n) is 7.15. The Morgan fingerprint density at radius 2 is 1.83 bits per heavy atom. The summed E-state index contributed by atoms with van der Waals surface area (Å²) in [6.07, 6.45) is 1.48. The fourth-order valence-electron chi connectivity index (χ4n) is 4.83. The smallest absolute Gasteiger partial charge is 0.261 e. The van der Waals surface area contributed by atoms with Gasteiger partial charge in [-0.1, -0.05) is 34.5 Å². The lowest BCUT2D eigenvalue weighted by Gasteiger charge is -2.43. The van der Waals surface area contributed by atoms with E-state index in [9.17, 15) is 13.2 Å². The van der Waals surface area contributed by atoms with Crippen molar-refractivity contribution in [2.45, 2.75) is 31.0 Å². The molecule has 192 valence electrons. The average Bonchev–Trinajstić information content (AvgIpc) is 2.82. The van der Waals surface area contributed by atoms with E-state index in [1.54, 1.807) is 19.1 Å². The van der Waals surface area contributed by atoms with Crippen molar-refractivity contribution in [3.8, 4) is 0 Å². The molecule has 0 spiro atoms. The number of hydrogen-bond acceptors (Lipinski definition) is 7. The van der Waals surface area contributed by atoms with Crippen LogP contribution in [-0.4, -0.2) is 78.8 Å². The first-order valence-corrected chi connectivity index (χ1v) is 14.9. The highest BCUT2D eigenvalue weighted by Gasteiger charge is 2.28. The molecule has 3 aromatic rings. The van der Waals surface area contributed by atoms with Crippen LogP contribution in [0.2, 0.25) is 5.02 Å². The molecule has 0 unspecified atom stereocenters. The summed E-state index contributed by atoms with van der Waals surface area (Å²) < 4.78 is 27.5. The fourth-order valence-corrected chi connectivity index (χ4v) is 6.60. The van der Waals surface area contributed by atoms with Crippen LogP contribution < -0.4 is 10.9 Å². The molecule has 2 aromatic carbocycles. The highest BCUT2D eigenvalue weighted by molar-refractivity contribution is 9.10. The Morgan fingerprint density at radius 1 is 1.08 bits per heavy atom. The number of fused-ring (bicyclic) bond motifs is 1. The lowest BCUT2D eigenvalue weighted by atomic mass is 10.1. The first-order chi connectivity index (χ1) is 17.2. The summed E-state index contributed by atoms with van der Waals surface area (Å²) in [7, 11) is -3.47. The third-order valence-corrected chi connectivity index (χ3v) is 9.95. The fraction of sp³-hybridized carbons (Fsp3) is 0.440. The van der Waals surface area contributed by atoms with Crippen LogP contribution in [0.1, 0.15) is 18.1 Å². The minimum absolute atomic E-state index is 0.0327. The number of sulfone groups is 1. The van der Waals surface area contributed by atoms with E-state index in [1.807, 2.05) is 12.1 Å². The molecule has 3 heterocycles. The van der Waals surface area contributed by atoms with Crippen molar-refractivity contribution in [3.05, 3.63) is 67.6 Å². The Labute approximate surface area is 224 Å². The molecular weight excluding hydrogens is 566 g/mol. The number of benzene rings is 2. The largest absolute Gasteiger partial charge is 0.314 e. The number of halogens is 2. The lowest BCUT2D eigenvalue weighted by Crippen LogP contribution is -2.61. The van der Waals surface area contributed by atoms with Crippen molar-refractivity contribution in [3.63, 3.8) is 0 Å². The van der Waals surface area contributed by atoms with Gasteiger partial charge in [0.1, 0.15) is 0 Å². The van der Waals surface area contributed by atoms with E-state index in [1.165, 1.54) is 17.0 Å². The second-order valence-corrected chi connectivity index (χ2v) is 13.0. The SMILES string of the molecule is CCS(=O)(=O)c1ccc(Cl)cc1Cn1cnc2cc(CN3CCN(C4CNC4)CC3)c(Br)cc2c1=O. The topological polar surface area (TPSA) is 87.5 Å². The summed E-state index contributed by atoms with van der Waals surface area (Å²) in [4.78, 5) is 23.1. The van der Waals surface area contributed by atoms with Crippen molar-refractivity contribution in [2.24, 2.45) is 0 Å². The quantitative estimate of drug-likeness (QED) is 0.450. The van der Waals surface area contributed by atoms with Gasteiger partial charge >= 0.3 is 0 Å². The van der Waals surface area contributed by atoms with Gasteiger partial charge in [-0.05, 0) is 41.5 Å². The number of rotatable bonds is 7. The predicted molar refractivity (Wildman–Crippen MR) is 145 cm³/mol. The van der Waals surface area contributed by atoms with Gasteiger partial charge in [0.05, 0.1) is 34.4 Å². The average molecular weight is 595 g/mol. The molecule has 1 N–H and O–H groups in total. The second kappa shape index (κ2) is 10.5. The molecule has 0 radical (unpaired) electrons. The molecule has 0 atom stereocenters. The number of nitrogens with zero attached hydrogens (tertiary/aromatic N) is 4. The van der Waals surface area contributed by atoms with Gasteiger partial charge in [-0.3, -0.25) is 19.2 Å². The standard InChI is InChI=1S/C25H29BrClN5O3S/c1-2-36(34,35)24-4-3-19(27)9-18(24)15-32-16-29-23-10-17(22(26)11-21(23)25(32)33)14-30-5-7-31(8-6-30)20-12-28-13-20/h3-4,9-11,16,20,28H,2,5-8,12-15H2,1H3. The first kappa shape index (κ1) is 25.8. The predicted octanol–water partition coefficient (Wildman–Crippen LogP) is 2.74. The molecule has 2 fully saturated rings. The molecule has 2 aliphatic heterocycles. The maximum Gasteiger partial charge on any atom is 0.261 e. The van der Waals surface area contributed by atoms with Crippen LogP contribution in [0.4, 0.5) is 0 Å². The van der Waals surface area contributed by atoms with Crippen LogP contribution >= 0.6 is 27.5 Å². The van der Waals surface area contributed by atoms with E-state index in [0.29, 0.717) is 27.5 Å². The van der Waals surface area contributed by atoms with Gasteiger partial charge in [0, 0.05) is 61.4 Å². The van der Waals surface area contributed by atoms with Crippen molar-refractivity contribution in [2.75, 3.05) is 45.0 Å². The Hall–Kier alpha value is -1.82. The van der Waals surface area contributed by atoms with E-state index in [-0.39, 0.29) is 22.8 Å². The Morgan fingerprint density at radius 3 is 2.50 bits per heavy atom. The molecule has 0 aliphatic carbocycles. The van der Waals surface area contributed by atoms with Crippen LogP contribution in [0.3, 0.4) is 0 Å². The normalized spacial score (nSPS) is 18.0. The van der Waals surface area contributed by atoms with E-state index in [2.05, 4.69) is 36.0 Å². The first-order valence-electron chi connectivity index (χ1n) is 12.1. The second-order valence-electron chi connectivity index (χ2n) is 9.42. The molecule has 0 bridgehead atoms. The van der Waals surface area contributed by atoms with Crippen molar-refractivity contribution < 1.29 is 8.42 Å². The molecule has 0 saturated carbocycles. The Balaban J connectivity index is 1.38. The zero-order valence-corrected chi connectivity index (χ0v) is 23.2. The van der Waals surface area contributed by atoms with Gasteiger partial charge in [-0.15, -0.1) is 0 Å². The maximum absolute atomic E-state index is 13.3. The van der Waals surface area contributed by atoms with E-state index in [4.69, 9.17) is 11.6 Å². The summed E-state index contributed by atoms with van der Waals surface area (Å²) in [5.74, 6) is -0.0327. The van der Waals surface area contributed by atoms with Crippen LogP contribution in [-0.2, 0) is 22.9 Å². The van der Waals surface area contributed by atoms with Gasteiger partial charge in [0.2, 0.25) is 0 Å². The molecule has 11 heteroatoms. The van der Waals surface area contributed by atoms with E-state index >= 15 is 0 Å². The summed E-state index contributed by atoms with van der Waals surface area (Å²) in [6.45, 7) is 8.80. The Kier molecular flexibility index (Phi) is 7.54. The highest BCUT2D eigenvalue weighted by atomic mass is 79.9. The molecular formula is C25H29BrClN5O3S. The summed E-state index contributed by atoms with van der Waals surface area (Å²) in [5.41, 5.74) is 1.97. The summed E-state index contributed by atoms with van der Waals surface area (Å²) >= 11 is 9.81. The van der Waals surface area contributed by atoms with Crippen LogP contribution in [0.25, 0.3) is 10.9 Å². The van der Waals surface area contributed by atoms with Crippen molar-refractivity contribution >= 4 is 48.3 Å². The van der Waals surface area contributed by atoms with Crippen LogP contribution in [0.5, 0.6) is 0 Å². The minimum Gasteiger partial charge on any atom is -0.314 e. The Bertz CT molecular complexity index is 1450. The minimum atomic E-state index is -3.47. The molecule has 2 saturated heterocycles. The number of nitrogens with one attached hydrogen (secondary N) is 1. The zero-order valence-electron chi connectivity index (χ0n) is 20.1. The third kappa shape index (κ3) is 5.25. The van der Waals surface area contributed by atoms with Gasteiger partial charge in [-0.2, -0.15) is 0 Å². The highest BCUT2D eigenvalue weighted by Crippen LogP contribution is 2.25. The van der Waals surface area contributed by atoms with Gasteiger partial charge in [-0.25, -0.2) is 13.4 Å². The maximum atomic E-state index is 13.3. The van der Waals surface area contributed by atoms with Crippen LogP contribution in [0.15, 0.2) is 50.8 Å².